The Morgan fingerprint density at radius 3 is 2.30 bits per heavy atom. The molecule has 0 spiro atoms. The fraction of sp³-hybridized carbons (Fsp3) is 0.130. The first-order valence-corrected chi connectivity index (χ1v) is 8.85. The molecule has 1 heterocycles. The van der Waals surface area contributed by atoms with Crippen LogP contribution in [0.15, 0.2) is 72.8 Å². The zero-order valence-corrected chi connectivity index (χ0v) is 15.0. The standard InChI is InChI=1S/C23H19NO3/c1-16-6-5-9-20-21(16)24(23(26)22(20)25)14-17-10-12-19(13-11-17)27-15-18-7-3-2-4-8-18/h2-13H,14-15H2,1H3. The quantitative estimate of drug-likeness (QED) is 0.640. The number of carbonyl (C=O) groups is 2. The molecule has 27 heavy (non-hydrogen) atoms. The van der Waals surface area contributed by atoms with E-state index in [1.807, 2.05) is 73.7 Å². The molecule has 1 aliphatic heterocycles. The third kappa shape index (κ3) is 3.34. The van der Waals surface area contributed by atoms with Crippen molar-refractivity contribution in [3.05, 3.63) is 95.1 Å². The smallest absolute Gasteiger partial charge is 0.299 e. The Labute approximate surface area is 158 Å². The van der Waals surface area contributed by atoms with Gasteiger partial charge in [0.25, 0.3) is 11.7 Å². The van der Waals surface area contributed by atoms with Gasteiger partial charge in [0.05, 0.1) is 17.8 Å². The zero-order valence-electron chi connectivity index (χ0n) is 15.0. The van der Waals surface area contributed by atoms with Crippen LogP contribution in [0, 0.1) is 6.92 Å². The van der Waals surface area contributed by atoms with Gasteiger partial charge in [-0.1, -0.05) is 54.6 Å². The lowest BCUT2D eigenvalue weighted by Crippen LogP contribution is -2.29. The van der Waals surface area contributed by atoms with Crippen LogP contribution in [0.1, 0.15) is 27.0 Å². The fourth-order valence-corrected chi connectivity index (χ4v) is 3.31. The van der Waals surface area contributed by atoms with Gasteiger partial charge in [-0.25, -0.2) is 0 Å². The summed E-state index contributed by atoms with van der Waals surface area (Å²) in [5, 5.41) is 0. The summed E-state index contributed by atoms with van der Waals surface area (Å²) in [7, 11) is 0. The summed E-state index contributed by atoms with van der Waals surface area (Å²) in [6.07, 6.45) is 0. The van der Waals surface area contributed by atoms with Gasteiger partial charge in [0, 0.05) is 0 Å². The van der Waals surface area contributed by atoms with E-state index in [9.17, 15) is 9.59 Å². The molecular weight excluding hydrogens is 338 g/mol. The molecule has 0 radical (unpaired) electrons. The highest BCUT2D eigenvalue weighted by atomic mass is 16.5. The van der Waals surface area contributed by atoms with Crippen molar-refractivity contribution in [1.82, 2.24) is 0 Å². The predicted octanol–water partition coefficient (Wildman–Crippen LogP) is 4.30. The van der Waals surface area contributed by atoms with Crippen LogP contribution >= 0.6 is 0 Å². The summed E-state index contributed by atoms with van der Waals surface area (Å²) in [5.41, 5.74) is 4.18. The van der Waals surface area contributed by atoms with Crippen LogP contribution in [0.5, 0.6) is 5.75 Å². The molecule has 1 amide bonds. The number of benzene rings is 3. The molecule has 0 unspecified atom stereocenters. The fourth-order valence-electron chi connectivity index (χ4n) is 3.31. The van der Waals surface area contributed by atoms with Crippen LogP contribution < -0.4 is 9.64 Å². The van der Waals surface area contributed by atoms with Crippen molar-refractivity contribution >= 4 is 17.4 Å². The molecule has 0 aliphatic carbocycles. The van der Waals surface area contributed by atoms with E-state index in [0.29, 0.717) is 18.7 Å². The van der Waals surface area contributed by atoms with Crippen molar-refractivity contribution < 1.29 is 14.3 Å². The Kier molecular flexibility index (Phi) is 4.47. The Balaban J connectivity index is 1.48. The van der Waals surface area contributed by atoms with Gasteiger partial charge >= 0.3 is 0 Å². The first kappa shape index (κ1) is 17.0. The average Bonchev–Trinajstić information content (AvgIpc) is 2.94. The lowest BCUT2D eigenvalue weighted by Gasteiger charge is -2.18. The maximum atomic E-state index is 12.4. The number of rotatable bonds is 5. The molecule has 0 fully saturated rings. The number of Topliss-reactive ketones (excluding diaryl/α,β-unsaturated/α-hetero) is 1. The van der Waals surface area contributed by atoms with Crippen molar-refractivity contribution in [2.75, 3.05) is 4.90 Å². The van der Waals surface area contributed by atoms with Crippen LogP contribution in [0.3, 0.4) is 0 Å². The summed E-state index contributed by atoms with van der Waals surface area (Å²) < 4.78 is 5.80. The molecule has 3 aromatic rings. The third-order valence-electron chi connectivity index (χ3n) is 4.70. The van der Waals surface area contributed by atoms with Crippen molar-refractivity contribution in [1.29, 1.82) is 0 Å². The number of para-hydroxylation sites is 1. The highest BCUT2D eigenvalue weighted by Crippen LogP contribution is 2.33. The van der Waals surface area contributed by atoms with E-state index in [-0.39, 0.29) is 0 Å². The highest BCUT2D eigenvalue weighted by molar-refractivity contribution is 6.52. The third-order valence-corrected chi connectivity index (χ3v) is 4.70. The van der Waals surface area contributed by atoms with Crippen LogP contribution in [-0.4, -0.2) is 11.7 Å². The molecule has 0 aromatic heterocycles. The van der Waals surface area contributed by atoms with E-state index in [1.54, 1.807) is 11.0 Å². The van der Waals surface area contributed by atoms with E-state index in [0.717, 1.165) is 28.1 Å². The average molecular weight is 357 g/mol. The number of ketones is 1. The Morgan fingerprint density at radius 1 is 0.815 bits per heavy atom. The molecule has 0 bridgehead atoms. The van der Waals surface area contributed by atoms with Crippen LogP contribution in [0.2, 0.25) is 0 Å². The summed E-state index contributed by atoms with van der Waals surface area (Å²) in [4.78, 5) is 26.2. The number of ether oxygens (including phenoxy) is 1. The van der Waals surface area contributed by atoms with Gasteiger partial charge in [0.2, 0.25) is 0 Å². The lowest BCUT2D eigenvalue weighted by molar-refractivity contribution is -0.114. The van der Waals surface area contributed by atoms with Crippen molar-refractivity contribution in [2.45, 2.75) is 20.1 Å². The van der Waals surface area contributed by atoms with E-state index >= 15 is 0 Å². The number of aryl methyl sites for hydroxylation is 1. The van der Waals surface area contributed by atoms with Crippen molar-refractivity contribution in [3.8, 4) is 5.75 Å². The van der Waals surface area contributed by atoms with E-state index in [2.05, 4.69) is 0 Å². The SMILES string of the molecule is Cc1cccc2c1N(Cc1ccc(OCc3ccccc3)cc1)C(=O)C2=O. The first-order valence-electron chi connectivity index (χ1n) is 8.85. The van der Waals surface area contributed by atoms with Crippen molar-refractivity contribution in [3.63, 3.8) is 0 Å². The molecule has 0 saturated carbocycles. The minimum Gasteiger partial charge on any atom is -0.489 e. The molecule has 0 atom stereocenters. The molecule has 1 aliphatic rings. The molecule has 0 saturated heterocycles. The molecule has 4 rings (SSSR count). The first-order chi connectivity index (χ1) is 13.1. The summed E-state index contributed by atoms with van der Waals surface area (Å²) >= 11 is 0. The van der Waals surface area contributed by atoms with Crippen molar-refractivity contribution in [2.24, 2.45) is 0 Å². The molecular formula is C23H19NO3. The van der Waals surface area contributed by atoms with Gasteiger partial charge in [-0.15, -0.1) is 0 Å². The van der Waals surface area contributed by atoms with Gasteiger partial charge < -0.3 is 9.64 Å². The Hall–Kier alpha value is -3.40. The summed E-state index contributed by atoms with van der Waals surface area (Å²) in [6, 6.07) is 23.0. The number of hydrogen-bond acceptors (Lipinski definition) is 3. The number of carbonyl (C=O) groups excluding carboxylic acids is 2. The minimum absolute atomic E-state index is 0.362. The second-order valence-electron chi connectivity index (χ2n) is 6.61. The summed E-state index contributed by atoms with van der Waals surface area (Å²) in [5.74, 6) is -0.136. The second-order valence-corrected chi connectivity index (χ2v) is 6.61. The maximum absolute atomic E-state index is 12.4. The van der Waals surface area contributed by atoms with E-state index in [1.165, 1.54) is 0 Å². The van der Waals surface area contributed by atoms with Crippen LogP contribution in [-0.2, 0) is 17.9 Å². The lowest BCUT2D eigenvalue weighted by atomic mass is 10.1. The predicted molar refractivity (Wildman–Crippen MR) is 104 cm³/mol. The number of hydrogen-bond donors (Lipinski definition) is 0. The van der Waals surface area contributed by atoms with Gasteiger partial charge in [-0.05, 0) is 41.8 Å². The normalized spacial score (nSPS) is 13.0. The number of nitrogens with zero attached hydrogens (tertiary/aromatic N) is 1. The maximum Gasteiger partial charge on any atom is 0.299 e. The Morgan fingerprint density at radius 2 is 1.56 bits per heavy atom. The van der Waals surface area contributed by atoms with Gasteiger partial charge in [0.15, 0.2) is 0 Å². The number of fused-ring (bicyclic) bond motifs is 1. The monoisotopic (exact) mass is 357 g/mol. The van der Waals surface area contributed by atoms with Gasteiger partial charge in [0.1, 0.15) is 12.4 Å². The molecule has 4 nitrogen and oxygen atoms in total. The number of anilines is 1. The van der Waals surface area contributed by atoms with Gasteiger partial charge in [-0.3, -0.25) is 9.59 Å². The van der Waals surface area contributed by atoms with E-state index < -0.39 is 11.7 Å². The summed E-state index contributed by atoms with van der Waals surface area (Å²) in [6.45, 7) is 2.78. The van der Waals surface area contributed by atoms with E-state index in [4.69, 9.17) is 4.74 Å². The zero-order chi connectivity index (χ0) is 18.8. The Bertz CT molecular complexity index is 994. The van der Waals surface area contributed by atoms with Crippen LogP contribution in [0.4, 0.5) is 5.69 Å². The largest absolute Gasteiger partial charge is 0.489 e. The molecule has 3 aromatic carbocycles. The minimum atomic E-state index is -0.469. The molecule has 0 N–H and O–H groups in total. The number of amides is 1. The highest BCUT2D eigenvalue weighted by Gasteiger charge is 2.36. The van der Waals surface area contributed by atoms with Gasteiger partial charge in [-0.2, -0.15) is 0 Å². The second kappa shape index (κ2) is 7.08. The molecule has 134 valence electrons. The topological polar surface area (TPSA) is 46.6 Å². The molecule has 4 heteroatoms. The van der Waals surface area contributed by atoms with Crippen LogP contribution in [0.25, 0.3) is 0 Å².